The quantitative estimate of drug-likeness (QED) is 0.425. The molecule has 2 N–H and O–H groups in total. The molecule has 0 unspecified atom stereocenters. The Bertz CT molecular complexity index is 497. The van der Waals surface area contributed by atoms with Gasteiger partial charge in [0.2, 0.25) is 10.0 Å². The van der Waals surface area contributed by atoms with Crippen molar-refractivity contribution in [3.8, 4) is 0 Å². The molecule has 20 heavy (non-hydrogen) atoms. The molecule has 0 aliphatic heterocycles. The van der Waals surface area contributed by atoms with Crippen LogP contribution in [0.5, 0.6) is 0 Å². The second-order valence-electron chi connectivity index (χ2n) is 4.36. The van der Waals surface area contributed by atoms with Gasteiger partial charge in [0.15, 0.2) is 0 Å². The molecule has 0 saturated carbocycles. The minimum atomic E-state index is -3.73. The lowest BCUT2D eigenvalue weighted by Crippen LogP contribution is -2.28. The lowest BCUT2D eigenvalue weighted by Gasteiger charge is -2.09. The van der Waals surface area contributed by atoms with E-state index in [1.165, 1.54) is 0 Å². The van der Waals surface area contributed by atoms with Crippen LogP contribution in [0.2, 0.25) is 0 Å². The summed E-state index contributed by atoms with van der Waals surface area (Å²) in [5.41, 5.74) is 0.829. The molecule has 0 amide bonds. The first kappa shape index (κ1) is 19.5. The minimum absolute atomic E-state index is 0.116. The Morgan fingerprint density at radius 2 is 1.85 bits per heavy atom. The maximum Gasteiger partial charge on any atom is 0.335 e. The summed E-state index contributed by atoms with van der Waals surface area (Å²) in [4.78, 5) is 0. The first-order valence-corrected chi connectivity index (χ1v) is 9.68. The van der Waals surface area contributed by atoms with Crippen LogP contribution >= 0.6 is 0 Å². The van der Waals surface area contributed by atoms with Gasteiger partial charge in [0.25, 0.3) is 0 Å². The Hall–Kier alpha value is -0.480. The number of allylic oxidation sites excluding steroid dienone is 1. The molecule has 0 aromatic carbocycles. The normalized spacial score (nSPS) is 13.7. The van der Waals surface area contributed by atoms with E-state index in [0.717, 1.165) is 38.2 Å². The van der Waals surface area contributed by atoms with Gasteiger partial charge in [0.05, 0.1) is 13.4 Å². The highest BCUT2D eigenvalue weighted by atomic mass is 32.2. The van der Waals surface area contributed by atoms with Crippen molar-refractivity contribution in [3.63, 3.8) is 0 Å². The monoisotopic (exact) mass is 328 g/mol. The highest BCUT2D eigenvalue weighted by Gasteiger charge is 2.09. The van der Waals surface area contributed by atoms with Crippen LogP contribution in [-0.4, -0.2) is 43.3 Å². The van der Waals surface area contributed by atoms with Crippen molar-refractivity contribution in [2.24, 2.45) is 0 Å². The maximum absolute atomic E-state index is 11.2. The standard InChI is InChI=1S/C11H24N2O5S2/c1-4-5-6-7-11(8-9-12-19(3,14)15)10-13-20(16,17)18-2/h7,12-13H,4-6,8-10H2,1-3H3. The first-order chi connectivity index (χ1) is 9.20. The van der Waals surface area contributed by atoms with Gasteiger partial charge >= 0.3 is 10.3 Å². The van der Waals surface area contributed by atoms with Gasteiger partial charge in [0.1, 0.15) is 0 Å². The van der Waals surface area contributed by atoms with Crippen molar-refractivity contribution >= 4 is 20.3 Å². The highest BCUT2D eigenvalue weighted by Crippen LogP contribution is 2.05. The van der Waals surface area contributed by atoms with Gasteiger partial charge in [-0.3, -0.25) is 4.18 Å². The van der Waals surface area contributed by atoms with E-state index in [1.54, 1.807) is 0 Å². The second-order valence-corrected chi connectivity index (χ2v) is 7.73. The van der Waals surface area contributed by atoms with Crippen LogP contribution in [0.1, 0.15) is 32.6 Å². The zero-order valence-corrected chi connectivity index (χ0v) is 13.8. The molecule has 0 heterocycles. The zero-order valence-electron chi connectivity index (χ0n) is 12.2. The molecule has 0 radical (unpaired) electrons. The van der Waals surface area contributed by atoms with E-state index in [1.807, 2.05) is 6.08 Å². The van der Waals surface area contributed by atoms with Gasteiger partial charge in [-0.15, -0.1) is 0 Å². The van der Waals surface area contributed by atoms with E-state index >= 15 is 0 Å². The molecule has 0 fully saturated rings. The maximum atomic E-state index is 11.2. The molecular weight excluding hydrogens is 304 g/mol. The summed E-state index contributed by atoms with van der Waals surface area (Å²) in [6, 6.07) is 0. The van der Waals surface area contributed by atoms with E-state index in [2.05, 4.69) is 20.6 Å². The van der Waals surface area contributed by atoms with Gasteiger partial charge in [-0.2, -0.15) is 13.1 Å². The Balaban J connectivity index is 4.45. The SMILES string of the molecule is CCCCC=C(CCNS(C)(=O)=O)CNS(=O)(=O)OC. The number of hydrogen-bond donors (Lipinski definition) is 2. The average Bonchev–Trinajstić information content (AvgIpc) is 2.34. The lowest BCUT2D eigenvalue weighted by atomic mass is 10.1. The smallest absolute Gasteiger partial charge is 0.261 e. The summed E-state index contributed by atoms with van der Waals surface area (Å²) in [6.07, 6.45) is 6.34. The summed E-state index contributed by atoms with van der Waals surface area (Å²) in [5.74, 6) is 0. The number of unbranched alkanes of at least 4 members (excludes halogenated alkanes) is 2. The van der Waals surface area contributed by atoms with E-state index in [0.29, 0.717) is 6.42 Å². The molecule has 0 atom stereocenters. The first-order valence-electron chi connectivity index (χ1n) is 6.38. The molecule has 0 bridgehead atoms. The highest BCUT2D eigenvalue weighted by molar-refractivity contribution is 7.88. The molecule has 0 aliphatic carbocycles. The molecule has 7 nitrogen and oxygen atoms in total. The third-order valence-electron chi connectivity index (χ3n) is 2.50. The summed E-state index contributed by atoms with van der Waals surface area (Å²) in [6.45, 7) is 2.42. The molecule has 0 spiro atoms. The van der Waals surface area contributed by atoms with Crippen molar-refractivity contribution in [3.05, 3.63) is 11.6 Å². The van der Waals surface area contributed by atoms with Gasteiger partial charge in [0, 0.05) is 13.1 Å². The van der Waals surface area contributed by atoms with Crippen molar-refractivity contribution in [2.45, 2.75) is 32.6 Å². The van der Waals surface area contributed by atoms with Crippen molar-refractivity contribution in [1.82, 2.24) is 9.44 Å². The molecule has 0 aromatic rings. The third kappa shape index (κ3) is 11.4. The van der Waals surface area contributed by atoms with Gasteiger partial charge in [-0.25, -0.2) is 13.1 Å². The minimum Gasteiger partial charge on any atom is -0.261 e. The lowest BCUT2D eigenvalue weighted by molar-refractivity contribution is 0.388. The predicted octanol–water partition coefficient (Wildman–Crippen LogP) is 0.523. The fraction of sp³-hybridized carbons (Fsp3) is 0.818. The zero-order chi connectivity index (χ0) is 15.6. The van der Waals surface area contributed by atoms with Gasteiger partial charge in [-0.1, -0.05) is 31.4 Å². The van der Waals surface area contributed by atoms with Gasteiger partial charge in [-0.05, 0) is 12.8 Å². The largest absolute Gasteiger partial charge is 0.335 e. The Kier molecular flexibility index (Phi) is 9.23. The number of rotatable bonds is 11. The summed E-state index contributed by atoms with van der Waals surface area (Å²) in [7, 11) is -5.88. The van der Waals surface area contributed by atoms with E-state index in [9.17, 15) is 16.8 Å². The van der Waals surface area contributed by atoms with Crippen LogP contribution in [0.15, 0.2) is 11.6 Å². The summed E-state index contributed by atoms with van der Waals surface area (Å²) >= 11 is 0. The summed E-state index contributed by atoms with van der Waals surface area (Å²) in [5, 5.41) is 0. The summed E-state index contributed by atoms with van der Waals surface area (Å²) < 4.78 is 53.3. The van der Waals surface area contributed by atoms with E-state index in [4.69, 9.17) is 0 Å². The van der Waals surface area contributed by atoms with Crippen LogP contribution in [-0.2, 0) is 24.5 Å². The molecule has 120 valence electrons. The third-order valence-corrected chi connectivity index (χ3v) is 4.16. The van der Waals surface area contributed by atoms with Crippen molar-refractivity contribution in [2.75, 3.05) is 26.5 Å². The average molecular weight is 328 g/mol. The molecule has 0 aromatic heterocycles. The van der Waals surface area contributed by atoms with E-state index in [-0.39, 0.29) is 13.1 Å². The molecule has 9 heteroatoms. The van der Waals surface area contributed by atoms with Gasteiger partial charge < -0.3 is 0 Å². The topological polar surface area (TPSA) is 102 Å². The number of hydrogen-bond acceptors (Lipinski definition) is 5. The van der Waals surface area contributed by atoms with Crippen LogP contribution in [0, 0.1) is 0 Å². The number of nitrogens with one attached hydrogen (secondary N) is 2. The fourth-order valence-electron chi connectivity index (χ4n) is 1.41. The Morgan fingerprint density at radius 3 is 2.35 bits per heavy atom. The van der Waals surface area contributed by atoms with Crippen LogP contribution < -0.4 is 9.44 Å². The predicted molar refractivity (Wildman–Crippen MR) is 79.0 cm³/mol. The molecule has 0 rings (SSSR count). The van der Waals surface area contributed by atoms with Crippen LogP contribution in [0.3, 0.4) is 0 Å². The Morgan fingerprint density at radius 1 is 1.20 bits per heavy atom. The fourth-order valence-corrected chi connectivity index (χ4v) is 2.36. The van der Waals surface area contributed by atoms with E-state index < -0.39 is 20.3 Å². The number of sulfonamides is 1. The van der Waals surface area contributed by atoms with Crippen molar-refractivity contribution < 1.29 is 21.0 Å². The Labute approximate surface area is 122 Å². The molecule has 0 aliphatic rings. The van der Waals surface area contributed by atoms with Crippen molar-refractivity contribution in [1.29, 1.82) is 0 Å². The second kappa shape index (κ2) is 9.46. The van der Waals surface area contributed by atoms with Crippen LogP contribution in [0.4, 0.5) is 0 Å². The molecular formula is C11H24N2O5S2. The van der Waals surface area contributed by atoms with Crippen LogP contribution in [0.25, 0.3) is 0 Å². The molecule has 0 saturated heterocycles.